The molecule has 1 atom stereocenters. The molecule has 0 aliphatic carbocycles. The van der Waals surface area contributed by atoms with E-state index in [2.05, 4.69) is 25.1 Å². The first-order chi connectivity index (χ1) is 9.17. The molecule has 1 aromatic carbocycles. The molecule has 1 fully saturated rings. The standard InChI is InChI=1S/C16H22N2O/c1-4-17-12-15(18(5-2)16(17)19)11-13(3)14-9-7-6-8-10-14/h6-11,15H,4-5,12H2,1-3H3/b13-11+. The summed E-state index contributed by atoms with van der Waals surface area (Å²) in [6.45, 7) is 8.52. The molecular weight excluding hydrogens is 236 g/mol. The first kappa shape index (κ1) is 13.7. The SMILES string of the molecule is CCN1CC(/C=C(\C)c2ccccc2)N(CC)C1=O. The lowest BCUT2D eigenvalue weighted by atomic mass is 10.0. The second kappa shape index (κ2) is 5.91. The minimum Gasteiger partial charge on any atom is -0.323 e. The molecule has 0 bridgehead atoms. The Hall–Kier alpha value is -1.77. The summed E-state index contributed by atoms with van der Waals surface area (Å²) in [7, 11) is 0. The van der Waals surface area contributed by atoms with Crippen LogP contribution in [-0.4, -0.2) is 41.5 Å². The monoisotopic (exact) mass is 258 g/mol. The lowest BCUT2D eigenvalue weighted by Gasteiger charge is -2.19. The van der Waals surface area contributed by atoms with Crippen molar-refractivity contribution in [1.29, 1.82) is 0 Å². The van der Waals surface area contributed by atoms with E-state index in [4.69, 9.17) is 0 Å². The van der Waals surface area contributed by atoms with Crippen LogP contribution in [0, 0.1) is 0 Å². The Morgan fingerprint density at radius 2 is 1.95 bits per heavy atom. The number of urea groups is 1. The van der Waals surface area contributed by atoms with E-state index in [1.54, 1.807) is 0 Å². The molecule has 3 heteroatoms. The maximum absolute atomic E-state index is 12.1. The Kier molecular flexibility index (Phi) is 4.25. The molecule has 1 heterocycles. The normalized spacial score (nSPS) is 20.3. The highest BCUT2D eigenvalue weighted by Gasteiger charge is 2.33. The number of likely N-dealkylation sites (N-methyl/N-ethyl adjacent to an activating group) is 2. The largest absolute Gasteiger partial charge is 0.323 e. The van der Waals surface area contributed by atoms with E-state index in [1.165, 1.54) is 11.1 Å². The summed E-state index contributed by atoms with van der Waals surface area (Å²) in [5.74, 6) is 0. The summed E-state index contributed by atoms with van der Waals surface area (Å²) >= 11 is 0. The van der Waals surface area contributed by atoms with Crippen molar-refractivity contribution in [3.05, 3.63) is 42.0 Å². The van der Waals surface area contributed by atoms with Crippen LogP contribution in [0.3, 0.4) is 0 Å². The molecule has 19 heavy (non-hydrogen) atoms. The summed E-state index contributed by atoms with van der Waals surface area (Å²) in [5, 5.41) is 0. The fourth-order valence-corrected chi connectivity index (χ4v) is 2.59. The lowest BCUT2D eigenvalue weighted by molar-refractivity contribution is 0.193. The van der Waals surface area contributed by atoms with Gasteiger partial charge in [0.1, 0.15) is 0 Å². The highest BCUT2D eigenvalue weighted by atomic mass is 16.2. The van der Waals surface area contributed by atoms with Crippen LogP contribution in [0.2, 0.25) is 0 Å². The molecule has 1 aliphatic rings. The van der Waals surface area contributed by atoms with Crippen LogP contribution in [0.5, 0.6) is 0 Å². The van der Waals surface area contributed by atoms with Crippen LogP contribution < -0.4 is 0 Å². The number of hydrogen-bond acceptors (Lipinski definition) is 1. The van der Waals surface area contributed by atoms with Gasteiger partial charge in [0, 0.05) is 19.6 Å². The fraction of sp³-hybridized carbons (Fsp3) is 0.438. The van der Waals surface area contributed by atoms with Crippen LogP contribution in [0.1, 0.15) is 26.3 Å². The molecule has 2 rings (SSSR count). The van der Waals surface area contributed by atoms with Crippen molar-refractivity contribution in [2.24, 2.45) is 0 Å². The minimum absolute atomic E-state index is 0.159. The predicted octanol–water partition coefficient (Wildman–Crippen LogP) is 3.24. The molecule has 0 saturated carbocycles. The second-order valence-corrected chi connectivity index (χ2v) is 4.89. The van der Waals surface area contributed by atoms with Gasteiger partial charge in [-0.2, -0.15) is 0 Å². The number of benzene rings is 1. The van der Waals surface area contributed by atoms with Gasteiger partial charge in [0.25, 0.3) is 0 Å². The van der Waals surface area contributed by atoms with Crippen LogP contribution in [0.4, 0.5) is 4.79 Å². The van der Waals surface area contributed by atoms with Crippen LogP contribution >= 0.6 is 0 Å². The van der Waals surface area contributed by atoms with Crippen LogP contribution in [0.15, 0.2) is 36.4 Å². The summed E-state index contributed by atoms with van der Waals surface area (Å²) in [6, 6.07) is 10.7. The molecule has 0 radical (unpaired) electrons. The van der Waals surface area contributed by atoms with E-state index < -0.39 is 0 Å². The van der Waals surface area contributed by atoms with Gasteiger partial charge in [-0.25, -0.2) is 4.79 Å². The number of carbonyl (C=O) groups is 1. The maximum atomic E-state index is 12.1. The molecule has 2 amide bonds. The van der Waals surface area contributed by atoms with Gasteiger partial charge in [0.15, 0.2) is 0 Å². The summed E-state index contributed by atoms with van der Waals surface area (Å²) in [4.78, 5) is 16.0. The highest BCUT2D eigenvalue weighted by Crippen LogP contribution is 2.21. The zero-order chi connectivity index (χ0) is 13.8. The molecule has 0 aromatic heterocycles. The molecule has 102 valence electrons. The average Bonchev–Trinajstić information content (AvgIpc) is 2.75. The van der Waals surface area contributed by atoms with Gasteiger partial charge in [-0.15, -0.1) is 0 Å². The molecule has 1 saturated heterocycles. The van der Waals surface area contributed by atoms with Gasteiger partial charge in [-0.3, -0.25) is 0 Å². The van der Waals surface area contributed by atoms with Gasteiger partial charge in [0.2, 0.25) is 0 Å². The number of nitrogens with zero attached hydrogens (tertiary/aromatic N) is 2. The third-order valence-corrected chi connectivity index (χ3v) is 3.72. The molecule has 0 N–H and O–H groups in total. The molecule has 3 nitrogen and oxygen atoms in total. The molecular formula is C16H22N2O. The zero-order valence-corrected chi connectivity index (χ0v) is 12.0. The van der Waals surface area contributed by atoms with E-state index in [9.17, 15) is 4.79 Å². The van der Waals surface area contributed by atoms with Crippen LogP contribution in [-0.2, 0) is 0 Å². The Morgan fingerprint density at radius 1 is 1.26 bits per heavy atom. The number of carbonyl (C=O) groups excluding carboxylic acids is 1. The fourth-order valence-electron chi connectivity index (χ4n) is 2.59. The zero-order valence-electron chi connectivity index (χ0n) is 12.0. The van der Waals surface area contributed by atoms with E-state index in [0.717, 1.165) is 19.6 Å². The highest BCUT2D eigenvalue weighted by molar-refractivity contribution is 5.78. The Bertz CT molecular complexity index is 467. The van der Waals surface area contributed by atoms with E-state index in [0.29, 0.717) is 0 Å². The summed E-state index contributed by atoms with van der Waals surface area (Å²) in [5.41, 5.74) is 2.45. The third-order valence-electron chi connectivity index (χ3n) is 3.72. The predicted molar refractivity (Wildman–Crippen MR) is 78.9 cm³/mol. The lowest BCUT2D eigenvalue weighted by Crippen LogP contribution is -2.34. The summed E-state index contributed by atoms with van der Waals surface area (Å²) in [6.07, 6.45) is 2.21. The van der Waals surface area contributed by atoms with Crippen molar-refractivity contribution in [2.75, 3.05) is 19.6 Å². The number of allylic oxidation sites excluding steroid dienone is 1. The topological polar surface area (TPSA) is 23.6 Å². The number of hydrogen-bond donors (Lipinski definition) is 0. The third kappa shape index (κ3) is 2.80. The van der Waals surface area contributed by atoms with E-state index >= 15 is 0 Å². The van der Waals surface area contributed by atoms with Crippen molar-refractivity contribution in [3.8, 4) is 0 Å². The quantitative estimate of drug-likeness (QED) is 0.813. The number of rotatable bonds is 4. The average molecular weight is 258 g/mol. The van der Waals surface area contributed by atoms with Crippen LogP contribution in [0.25, 0.3) is 5.57 Å². The Labute approximate surface area is 115 Å². The van der Waals surface area contributed by atoms with Crippen molar-refractivity contribution in [3.63, 3.8) is 0 Å². The van der Waals surface area contributed by atoms with Crippen molar-refractivity contribution < 1.29 is 4.79 Å². The van der Waals surface area contributed by atoms with Crippen molar-refractivity contribution >= 4 is 11.6 Å². The molecule has 1 aliphatic heterocycles. The van der Waals surface area contributed by atoms with Crippen molar-refractivity contribution in [1.82, 2.24) is 9.80 Å². The first-order valence-corrected chi connectivity index (χ1v) is 6.96. The maximum Gasteiger partial charge on any atom is 0.320 e. The van der Waals surface area contributed by atoms with Gasteiger partial charge in [-0.1, -0.05) is 36.4 Å². The van der Waals surface area contributed by atoms with E-state index in [1.807, 2.05) is 41.8 Å². The molecule has 0 spiro atoms. The molecule has 1 unspecified atom stereocenters. The Balaban J connectivity index is 2.20. The smallest absolute Gasteiger partial charge is 0.320 e. The van der Waals surface area contributed by atoms with Gasteiger partial charge >= 0.3 is 6.03 Å². The van der Waals surface area contributed by atoms with Gasteiger partial charge in [0.05, 0.1) is 6.04 Å². The molecule has 1 aromatic rings. The Morgan fingerprint density at radius 3 is 2.53 bits per heavy atom. The van der Waals surface area contributed by atoms with Crippen molar-refractivity contribution in [2.45, 2.75) is 26.8 Å². The van der Waals surface area contributed by atoms with Gasteiger partial charge in [-0.05, 0) is 31.9 Å². The first-order valence-electron chi connectivity index (χ1n) is 6.96. The van der Waals surface area contributed by atoms with Gasteiger partial charge < -0.3 is 9.80 Å². The summed E-state index contributed by atoms with van der Waals surface area (Å²) < 4.78 is 0. The number of amides is 2. The second-order valence-electron chi connectivity index (χ2n) is 4.89. The minimum atomic E-state index is 0.159. The van der Waals surface area contributed by atoms with E-state index in [-0.39, 0.29) is 12.1 Å².